The predicted molar refractivity (Wildman–Crippen MR) is 72.9 cm³/mol. The summed E-state index contributed by atoms with van der Waals surface area (Å²) in [5, 5.41) is 0. The van der Waals surface area contributed by atoms with Gasteiger partial charge in [0.15, 0.2) is 0 Å². The van der Waals surface area contributed by atoms with Gasteiger partial charge < -0.3 is 5.73 Å². The number of thiazole rings is 1. The molecule has 0 atom stereocenters. The third-order valence-corrected chi connectivity index (χ3v) is 3.66. The van der Waals surface area contributed by atoms with E-state index in [1.165, 1.54) is 15.8 Å². The van der Waals surface area contributed by atoms with Crippen LogP contribution in [0.2, 0.25) is 0 Å². The van der Waals surface area contributed by atoms with Crippen molar-refractivity contribution in [2.45, 2.75) is 6.54 Å². The summed E-state index contributed by atoms with van der Waals surface area (Å²) >= 11 is 1.67. The van der Waals surface area contributed by atoms with E-state index in [1.807, 2.05) is 5.51 Å². The quantitative estimate of drug-likeness (QED) is 0.745. The van der Waals surface area contributed by atoms with Gasteiger partial charge in [-0.3, -0.25) is 0 Å². The molecular formula is C14H12N2S. The van der Waals surface area contributed by atoms with Crippen LogP contribution in [0.4, 0.5) is 0 Å². The third kappa shape index (κ3) is 1.84. The molecule has 0 radical (unpaired) electrons. The van der Waals surface area contributed by atoms with E-state index in [0.29, 0.717) is 6.54 Å². The van der Waals surface area contributed by atoms with Crippen molar-refractivity contribution in [3.05, 3.63) is 53.5 Å². The highest BCUT2D eigenvalue weighted by Crippen LogP contribution is 2.29. The zero-order valence-corrected chi connectivity index (χ0v) is 10.1. The average Bonchev–Trinajstić information content (AvgIpc) is 2.87. The van der Waals surface area contributed by atoms with E-state index in [2.05, 4.69) is 47.4 Å². The van der Waals surface area contributed by atoms with E-state index in [1.54, 1.807) is 11.3 Å². The molecule has 3 rings (SSSR count). The van der Waals surface area contributed by atoms with Gasteiger partial charge in [0, 0.05) is 12.1 Å². The topological polar surface area (TPSA) is 38.9 Å². The zero-order valence-electron chi connectivity index (χ0n) is 9.26. The van der Waals surface area contributed by atoms with Crippen LogP contribution in [0.3, 0.4) is 0 Å². The molecule has 84 valence electrons. The van der Waals surface area contributed by atoms with Crippen LogP contribution in [0.5, 0.6) is 0 Å². The first-order valence-electron chi connectivity index (χ1n) is 5.50. The molecule has 1 heterocycles. The molecular weight excluding hydrogens is 228 g/mol. The number of aromatic nitrogens is 1. The Morgan fingerprint density at radius 1 is 1.06 bits per heavy atom. The molecule has 0 aliphatic rings. The minimum atomic E-state index is 0.585. The van der Waals surface area contributed by atoms with Gasteiger partial charge in [0.25, 0.3) is 0 Å². The monoisotopic (exact) mass is 240 g/mol. The molecule has 0 saturated carbocycles. The van der Waals surface area contributed by atoms with Gasteiger partial charge in [-0.25, -0.2) is 4.98 Å². The largest absolute Gasteiger partial charge is 0.326 e. The average molecular weight is 240 g/mol. The summed E-state index contributed by atoms with van der Waals surface area (Å²) in [4.78, 5) is 4.43. The van der Waals surface area contributed by atoms with Crippen LogP contribution < -0.4 is 5.73 Å². The minimum absolute atomic E-state index is 0.585. The summed E-state index contributed by atoms with van der Waals surface area (Å²) in [6, 6.07) is 14.6. The van der Waals surface area contributed by atoms with Crippen LogP contribution >= 0.6 is 11.3 Å². The smallest absolute Gasteiger partial charge is 0.0890 e. The van der Waals surface area contributed by atoms with Crippen molar-refractivity contribution in [3.8, 4) is 11.1 Å². The Labute approximate surface area is 104 Å². The molecule has 0 bridgehead atoms. The number of hydrogen-bond acceptors (Lipinski definition) is 3. The van der Waals surface area contributed by atoms with Gasteiger partial charge in [-0.1, -0.05) is 36.4 Å². The molecule has 3 heteroatoms. The Morgan fingerprint density at radius 3 is 2.65 bits per heavy atom. The fourth-order valence-corrected chi connectivity index (χ4v) is 2.64. The third-order valence-electron chi connectivity index (χ3n) is 2.86. The van der Waals surface area contributed by atoms with Gasteiger partial charge in [0.2, 0.25) is 0 Å². The second-order valence-electron chi connectivity index (χ2n) is 3.91. The molecule has 3 aromatic rings. The van der Waals surface area contributed by atoms with E-state index in [0.717, 1.165) is 11.1 Å². The van der Waals surface area contributed by atoms with E-state index < -0.39 is 0 Å². The highest BCUT2D eigenvalue weighted by molar-refractivity contribution is 7.16. The number of hydrogen-bond donors (Lipinski definition) is 1. The van der Waals surface area contributed by atoms with Gasteiger partial charge in [-0.05, 0) is 17.2 Å². The maximum absolute atomic E-state index is 5.60. The van der Waals surface area contributed by atoms with Crippen LogP contribution in [0.15, 0.2) is 48.0 Å². The van der Waals surface area contributed by atoms with E-state index >= 15 is 0 Å². The van der Waals surface area contributed by atoms with E-state index in [-0.39, 0.29) is 0 Å². The highest BCUT2D eigenvalue weighted by atomic mass is 32.1. The molecule has 2 aromatic carbocycles. The summed E-state index contributed by atoms with van der Waals surface area (Å²) in [5.74, 6) is 0. The van der Waals surface area contributed by atoms with Crippen LogP contribution in [0.1, 0.15) is 5.56 Å². The number of rotatable bonds is 2. The lowest BCUT2D eigenvalue weighted by Crippen LogP contribution is -1.95. The highest BCUT2D eigenvalue weighted by Gasteiger charge is 2.05. The Morgan fingerprint density at radius 2 is 1.88 bits per heavy atom. The molecule has 0 saturated heterocycles. The van der Waals surface area contributed by atoms with Crippen molar-refractivity contribution in [2.24, 2.45) is 5.73 Å². The lowest BCUT2D eigenvalue weighted by atomic mass is 10.0. The number of benzene rings is 2. The standard InChI is InChI=1S/C14H12N2S/c15-8-10-4-6-11(7-5-10)12-2-1-3-13-14(12)16-9-17-13/h1-7,9H,8,15H2. The zero-order chi connectivity index (χ0) is 11.7. The second-order valence-corrected chi connectivity index (χ2v) is 4.79. The lowest BCUT2D eigenvalue weighted by molar-refractivity contribution is 1.07. The number of nitrogens with zero attached hydrogens (tertiary/aromatic N) is 1. The van der Waals surface area contributed by atoms with Crippen LogP contribution in [-0.2, 0) is 6.54 Å². The Hall–Kier alpha value is -1.71. The molecule has 0 amide bonds. The Kier molecular flexibility index (Phi) is 2.63. The first-order chi connectivity index (χ1) is 8.38. The fraction of sp³-hybridized carbons (Fsp3) is 0.0714. The van der Waals surface area contributed by atoms with E-state index in [4.69, 9.17) is 5.73 Å². The lowest BCUT2D eigenvalue weighted by Gasteiger charge is -2.04. The Balaban J connectivity index is 2.16. The van der Waals surface area contributed by atoms with Crippen molar-refractivity contribution in [2.75, 3.05) is 0 Å². The molecule has 0 fully saturated rings. The molecule has 1 aromatic heterocycles. The van der Waals surface area contributed by atoms with Crippen LogP contribution in [0, 0.1) is 0 Å². The molecule has 0 unspecified atom stereocenters. The predicted octanol–water partition coefficient (Wildman–Crippen LogP) is 3.42. The van der Waals surface area contributed by atoms with Gasteiger partial charge in [0.1, 0.15) is 0 Å². The first kappa shape index (κ1) is 10.4. The van der Waals surface area contributed by atoms with Crippen molar-refractivity contribution in [1.29, 1.82) is 0 Å². The van der Waals surface area contributed by atoms with Crippen LogP contribution in [-0.4, -0.2) is 4.98 Å². The van der Waals surface area contributed by atoms with Gasteiger partial charge in [-0.2, -0.15) is 0 Å². The molecule has 2 nitrogen and oxygen atoms in total. The van der Waals surface area contributed by atoms with Crippen molar-refractivity contribution in [3.63, 3.8) is 0 Å². The Bertz CT molecular complexity index is 641. The normalized spacial score (nSPS) is 10.9. The molecule has 0 aliphatic carbocycles. The summed E-state index contributed by atoms with van der Waals surface area (Å²) in [5.41, 5.74) is 12.1. The molecule has 2 N–H and O–H groups in total. The van der Waals surface area contributed by atoms with Gasteiger partial charge in [-0.15, -0.1) is 11.3 Å². The van der Waals surface area contributed by atoms with Crippen molar-refractivity contribution < 1.29 is 0 Å². The minimum Gasteiger partial charge on any atom is -0.326 e. The number of fused-ring (bicyclic) bond motifs is 1. The van der Waals surface area contributed by atoms with Gasteiger partial charge >= 0.3 is 0 Å². The maximum Gasteiger partial charge on any atom is 0.0890 e. The summed E-state index contributed by atoms with van der Waals surface area (Å²) < 4.78 is 1.23. The number of nitrogens with two attached hydrogens (primary N) is 1. The maximum atomic E-state index is 5.60. The van der Waals surface area contributed by atoms with Crippen molar-refractivity contribution >= 4 is 21.6 Å². The summed E-state index contributed by atoms with van der Waals surface area (Å²) in [6.45, 7) is 0.585. The molecule has 0 spiro atoms. The van der Waals surface area contributed by atoms with Crippen molar-refractivity contribution in [1.82, 2.24) is 4.98 Å². The number of para-hydroxylation sites is 1. The second kappa shape index (κ2) is 4.28. The SMILES string of the molecule is NCc1ccc(-c2cccc3scnc23)cc1. The molecule has 0 aliphatic heterocycles. The van der Waals surface area contributed by atoms with E-state index in [9.17, 15) is 0 Å². The summed E-state index contributed by atoms with van der Waals surface area (Å²) in [6.07, 6.45) is 0. The van der Waals surface area contributed by atoms with Gasteiger partial charge in [0.05, 0.1) is 15.7 Å². The first-order valence-corrected chi connectivity index (χ1v) is 6.38. The molecule has 17 heavy (non-hydrogen) atoms. The summed E-state index contributed by atoms with van der Waals surface area (Å²) in [7, 11) is 0. The fourth-order valence-electron chi connectivity index (χ4n) is 1.94. The van der Waals surface area contributed by atoms with Crippen LogP contribution in [0.25, 0.3) is 21.3 Å².